The van der Waals surface area contributed by atoms with E-state index in [0.717, 1.165) is 22.1 Å². The smallest absolute Gasteiger partial charge is 0.134 e. The number of halogens is 1. The SMILES string of the molecule is NC(c1ccc(F)cc1)c1coc2ccccc12. The summed E-state index contributed by atoms with van der Waals surface area (Å²) in [6.07, 6.45) is 1.67. The Hall–Kier alpha value is -2.13. The largest absolute Gasteiger partial charge is 0.464 e. The van der Waals surface area contributed by atoms with Crippen LogP contribution in [0.3, 0.4) is 0 Å². The number of nitrogens with two attached hydrogens (primary N) is 1. The quantitative estimate of drug-likeness (QED) is 0.744. The molecule has 2 aromatic carbocycles. The van der Waals surface area contributed by atoms with Gasteiger partial charge in [-0.05, 0) is 23.8 Å². The van der Waals surface area contributed by atoms with E-state index in [1.54, 1.807) is 18.4 Å². The van der Waals surface area contributed by atoms with E-state index in [9.17, 15) is 4.39 Å². The van der Waals surface area contributed by atoms with Gasteiger partial charge in [0.2, 0.25) is 0 Å². The number of hydrogen-bond donors (Lipinski definition) is 1. The van der Waals surface area contributed by atoms with Crippen molar-refractivity contribution in [1.29, 1.82) is 0 Å². The lowest BCUT2D eigenvalue weighted by molar-refractivity contribution is 0.606. The zero-order valence-electron chi connectivity index (χ0n) is 9.64. The zero-order chi connectivity index (χ0) is 12.5. The topological polar surface area (TPSA) is 39.2 Å². The van der Waals surface area contributed by atoms with Crippen LogP contribution >= 0.6 is 0 Å². The summed E-state index contributed by atoms with van der Waals surface area (Å²) in [5, 5.41) is 0.995. The molecule has 90 valence electrons. The normalized spacial score (nSPS) is 12.8. The molecule has 2 N–H and O–H groups in total. The molecule has 1 aromatic heterocycles. The fraction of sp³-hybridized carbons (Fsp3) is 0.0667. The molecule has 3 heteroatoms. The van der Waals surface area contributed by atoms with Crippen molar-refractivity contribution in [3.8, 4) is 0 Å². The second kappa shape index (κ2) is 4.27. The van der Waals surface area contributed by atoms with Crippen molar-refractivity contribution < 1.29 is 8.81 Å². The average Bonchev–Trinajstić information content (AvgIpc) is 2.82. The summed E-state index contributed by atoms with van der Waals surface area (Å²) in [7, 11) is 0. The van der Waals surface area contributed by atoms with Crippen molar-refractivity contribution in [1.82, 2.24) is 0 Å². The summed E-state index contributed by atoms with van der Waals surface area (Å²) in [6.45, 7) is 0. The Balaban J connectivity index is 2.06. The van der Waals surface area contributed by atoms with Gasteiger partial charge in [0.05, 0.1) is 12.3 Å². The number of furan rings is 1. The van der Waals surface area contributed by atoms with E-state index in [1.165, 1.54) is 12.1 Å². The van der Waals surface area contributed by atoms with E-state index in [2.05, 4.69) is 0 Å². The monoisotopic (exact) mass is 241 g/mol. The molecule has 1 heterocycles. The van der Waals surface area contributed by atoms with Crippen LogP contribution in [0.15, 0.2) is 59.2 Å². The van der Waals surface area contributed by atoms with E-state index < -0.39 is 0 Å². The first-order chi connectivity index (χ1) is 8.75. The van der Waals surface area contributed by atoms with E-state index in [4.69, 9.17) is 10.2 Å². The molecule has 0 fully saturated rings. The molecule has 18 heavy (non-hydrogen) atoms. The predicted molar refractivity (Wildman–Crippen MR) is 68.6 cm³/mol. The number of para-hydroxylation sites is 1. The average molecular weight is 241 g/mol. The summed E-state index contributed by atoms with van der Waals surface area (Å²) in [5.41, 5.74) is 8.78. The van der Waals surface area contributed by atoms with Gasteiger partial charge in [0.25, 0.3) is 0 Å². The van der Waals surface area contributed by atoms with Crippen molar-refractivity contribution in [3.63, 3.8) is 0 Å². The Morgan fingerprint density at radius 1 is 1.00 bits per heavy atom. The summed E-state index contributed by atoms with van der Waals surface area (Å²) < 4.78 is 18.3. The van der Waals surface area contributed by atoms with Crippen molar-refractivity contribution in [2.75, 3.05) is 0 Å². The number of rotatable bonds is 2. The Morgan fingerprint density at radius 3 is 2.50 bits per heavy atom. The van der Waals surface area contributed by atoms with E-state index in [-0.39, 0.29) is 11.9 Å². The molecule has 0 saturated heterocycles. The van der Waals surface area contributed by atoms with Gasteiger partial charge < -0.3 is 10.2 Å². The van der Waals surface area contributed by atoms with Crippen molar-refractivity contribution >= 4 is 11.0 Å². The Bertz CT molecular complexity index is 672. The maximum Gasteiger partial charge on any atom is 0.134 e. The Labute approximate surface area is 104 Å². The summed E-state index contributed by atoms with van der Waals surface area (Å²) in [5.74, 6) is -0.261. The molecular formula is C15H12FNO. The van der Waals surface area contributed by atoms with Crippen LogP contribution < -0.4 is 5.73 Å². The Kier molecular flexibility index (Phi) is 2.61. The number of fused-ring (bicyclic) bond motifs is 1. The maximum atomic E-state index is 12.9. The van der Waals surface area contributed by atoms with Crippen LogP contribution in [-0.2, 0) is 0 Å². The van der Waals surface area contributed by atoms with Crippen LogP contribution in [0.1, 0.15) is 17.2 Å². The molecule has 2 nitrogen and oxygen atoms in total. The summed E-state index contributed by atoms with van der Waals surface area (Å²) in [4.78, 5) is 0. The third-order valence-electron chi connectivity index (χ3n) is 3.08. The van der Waals surface area contributed by atoms with Crippen LogP contribution in [0.5, 0.6) is 0 Å². The molecule has 1 unspecified atom stereocenters. The molecular weight excluding hydrogens is 229 g/mol. The van der Waals surface area contributed by atoms with Gasteiger partial charge in [0.1, 0.15) is 11.4 Å². The lowest BCUT2D eigenvalue weighted by atomic mass is 9.99. The van der Waals surface area contributed by atoms with Gasteiger partial charge >= 0.3 is 0 Å². The van der Waals surface area contributed by atoms with Gasteiger partial charge in [0.15, 0.2) is 0 Å². The highest BCUT2D eigenvalue weighted by Gasteiger charge is 2.14. The fourth-order valence-corrected chi connectivity index (χ4v) is 2.09. The minimum absolute atomic E-state index is 0.261. The van der Waals surface area contributed by atoms with Crippen LogP contribution in [0.4, 0.5) is 4.39 Å². The third kappa shape index (κ3) is 1.79. The van der Waals surface area contributed by atoms with E-state index >= 15 is 0 Å². The molecule has 0 radical (unpaired) electrons. The molecule has 0 amide bonds. The molecule has 0 saturated carbocycles. The molecule has 3 aromatic rings. The lowest BCUT2D eigenvalue weighted by Crippen LogP contribution is -2.11. The van der Waals surface area contributed by atoms with Crippen LogP contribution in [0, 0.1) is 5.82 Å². The standard InChI is InChI=1S/C15H12FNO/c16-11-7-5-10(6-8-11)15(17)13-9-18-14-4-2-1-3-12(13)14/h1-9,15H,17H2. The van der Waals surface area contributed by atoms with Crippen LogP contribution in [0.25, 0.3) is 11.0 Å². The van der Waals surface area contributed by atoms with Crippen molar-refractivity contribution in [2.24, 2.45) is 5.73 Å². The zero-order valence-corrected chi connectivity index (χ0v) is 9.64. The lowest BCUT2D eigenvalue weighted by Gasteiger charge is -2.10. The van der Waals surface area contributed by atoms with Crippen molar-refractivity contribution in [3.05, 3.63) is 71.7 Å². The minimum Gasteiger partial charge on any atom is -0.464 e. The van der Waals surface area contributed by atoms with Gasteiger partial charge in [-0.1, -0.05) is 30.3 Å². The molecule has 0 bridgehead atoms. The Morgan fingerprint density at radius 2 is 1.72 bits per heavy atom. The second-order valence-electron chi connectivity index (χ2n) is 4.22. The predicted octanol–water partition coefficient (Wildman–Crippen LogP) is 3.62. The van der Waals surface area contributed by atoms with Crippen molar-refractivity contribution in [2.45, 2.75) is 6.04 Å². The van der Waals surface area contributed by atoms with Gasteiger partial charge in [-0.2, -0.15) is 0 Å². The molecule has 1 atom stereocenters. The number of hydrogen-bond acceptors (Lipinski definition) is 2. The first kappa shape index (κ1) is 11.0. The maximum absolute atomic E-state index is 12.9. The van der Waals surface area contributed by atoms with Crippen LogP contribution in [-0.4, -0.2) is 0 Å². The summed E-state index contributed by atoms with van der Waals surface area (Å²) >= 11 is 0. The van der Waals surface area contributed by atoms with Gasteiger partial charge in [-0.15, -0.1) is 0 Å². The molecule has 0 spiro atoms. The third-order valence-corrected chi connectivity index (χ3v) is 3.08. The highest BCUT2D eigenvalue weighted by Crippen LogP contribution is 2.28. The molecule has 0 aliphatic heterocycles. The minimum atomic E-state index is -0.311. The van der Waals surface area contributed by atoms with Gasteiger partial charge in [-0.25, -0.2) is 4.39 Å². The van der Waals surface area contributed by atoms with Crippen LogP contribution in [0.2, 0.25) is 0 Å². The summed E-state index contributed by atoms with van der Waals surface area (Å²) in [6, 6.07) is 13.6. The first-order valence-electron chi connectivity index (χ1n) is 5.73. The highest BCUT2D eigenvalue weighted by molar-refractivity contribution is 5.81. The molecule has 0 aliphatic rings. The second-order valence-corrected chi connectivity index (χ2v) is 4.22. The van der Waals surface area contributed by atoms with Gasteiger partial charge in [-0.3, -0.25) is 0 Å². The van der Waals surface area contributed by atoms with E-state index in [0.29, 0.717) is 0 Å². The van der Waals surface area contributed by atoms with E-state index in [1.807, 2.05) is 24.3 Å². The van der Waals surface area contributed by atoms with Gasteiger partial charge in [0, 0.05) is 10.9 Å². The molecule has 3 rings (SSSR count). The highest BCUT2D eigenvalue weighted by atomic mass is 19.1. The fourth-order valence-electron chi connectivity index (χ4n) is 2.09. The molecule has 0 aliphatic carbocycles. The first-order valence-corrected chi connectivity index (χ1v) is 5.73. The number of benzene rings is 2.